The second kappa shape index (κ2) is 7.12. The van der Waals surface area contributed by atoms with E-state index in [1.54, 1.807) is 0 Å². The van der Waals surface area contributed by atoms with Crippen molar-refractivity contribution in [1.29, 1.82) is 0 Å². The molecule has 1 rings (SSSR count). The van der Waals surface area contributed by atoms with Gasteiger partial charge in [-0.15, -0.1) is 0 Å². The molecule has 1 aromatic heterocycles. The smallest absolute Gasteiger partial charge is 0.226 e. The number of carbonyl (C=O) groups excluding carboxylic acids is 1. The molecule has 0 spiro atoms. The lowest BCUT2D eigenvalue weighted by molar-refractivity contribution is -0.134. The summed E-state index contributed by atoms with van der Waals surface area (Å²) in [6.45, 7) is 3.58. The van der Waals surface area contributed by atoms with Crippen LogP contribution < -0.4 is 5.32 Å². The highest BCUT2D eigenvalue weighted by Crippen LogP contribution is 2.07. The maximum atomic E-state index is 12.1. The SMILES string of the molecule is CCC(CNC)C(=O)N(C)CCc1cc[nH]c1. The van der Waals surface area contributed by atoms with Crippen LogP contribution in [0.1, 0.15) is 18.9 Å². The molecule has 0 bridgehead atoms. The fourth-order valence-electron chi connectivity index (χ4n) is 1.89. The minimum atomic E-state index is 0.0937. The van der Waals surface area contributed by atoms with Crippen LogP contribution in [0.3, 0.4) is 0 Å². The standard InChI is InChI=1S/C13H23N3O/c1-4-12(10-14-2)13(17)16(3)8-6-11-5-7-15-9-11/h5,7,9,12,14-15H,4,6,8,10H2,1-3H3. The number of nitrogens with one attached hydrogen (secondary N) is 2. The van der Waals surface area contributed by atoms with E-state index in [2.05, 4.69) is 17.2 Å². The summed E-state index contributed by atoms with van der Waals surface area (Å²) in [6, 6.07) is 2.04. The Labute approximate surface area is 103 Å². The zero-order valence-electron chi connectivity index (χ0n) is 11.0. The van der Waals surface area contributed by atoms with Crippen molar-refractivity contribution in [3.63, 3.8) is 0 Å². The van der Waals surface area contributed by atoms with E-state index >= 15 is 0 Å². The van der Waals surface area contributed by atoms with Crippen molar-refractivity contribution in [2.45, 2.75) is 19.8 Å². The molecule has 0 aliphatic carbocycles. The molecular formula is C13H23N3O. The molecule has 2 N–H and O–H groups in total. The Balaban J connectivity index is 2.40. The van der Waals surface area contributed by atoms with E-state index in [9.17, 15) is 4.79 Å². The van der Waals surface area contributed by atoms with Gasteiger partial charge in [0, 0.05) is 32.5 Å². The molecule has 1 unspecified atom stereocenters. The van der Waals surface area contributed by atoms with Crippen LogP contribution in [0.4, 0.5) is 0 Å². The van der Waals surface area contributed by atoms with Crippen LogP contribution in [0.25, 0.3) is 0 Å². The van der Waals surface area contributed by atoms with Crippen LogP contribution in [0.2, 0.25) is 0 Å². The van der Waals surface area contributed by atoms with Crippen LogP contribution >= 0.6 is 0 Å². The summed E-state index contributed by atoms with van der Waals surface area (Å²) >= 11 is 0. The first-order valence-electron chi connectivity index (χ1n) is 6.20. The Hall–Kier alpha value is -1.29. The Morgan fingerprint density at radius 3 is 2.88 bits per heavy atom. The quantitative estimate of drug-likeness (QED) is 0.750. The van der Waals surface area contributed by atoms with Crippen molar-refractivity contribution in [1.82, 2.24) is 15.2 Å². The number of hydrogen-bond donors (Lipinski definition) is 2. The fourth-order valence-corrected chi connectivity index (χ4v) is 1.89. The van der Waals surface area contributed by atoms with Crippen molar-refractivity contribution < 1.29 is 4.79 Å². The monoisotopic (exact) mass is 237 g/mol. The van der Waals surface area contributed by atoms with Crippen molar-refractivity contribution in [3.05, 3.63) is 24.0 Å². The summed E-state index contributed by atoms with van der Waals surface area (Å²) in [6.07, 6.45) is 5.67. The predicted molar refractivity (Wildman–Crippen MR) is 69.8 cm³/mol. The van der Waals surface area contributed by atoms with E-state index in [1.165, 1.54) is 5.56 Å². The lowest BCUT2D eigenvalue weighted by atomic mass is 10.1. The molecule has 1 atom stereocenters. The lowest BCUT2D eigenvalue weighted by Gasteiger charge is -2.22. The van der Waals surface area contributed by atoms with Gasteiger partial charge in [0.25, 0.3) is 0 Å². The van der Waals surface area contributed by atoms with Gasteiger partial charge in [-0.3, -0.25) is 4.79 Å². The van der Waals surface area contributed by atoms with E-state index in [0.29, 0.717) is 0 Å². The molecule has 0 aromatic carbocycles. The van der Waals surface area contributed by atoms with E-state index in [1.807, 2.05) is 37.5 Å². The highest BCUT2D eigenvalue weighted by Gasteiger charge is 2.19. The zero-order valence-corrected chi connectivity index (χ0v) is 11.0. The topological polar surface area (TPSA) is 48.1 Å². The van der Waals surface area contributed by atoms with Gasteiger partial charge in [0.1, 0.15) is 0 Å². The Bertz CT molecular complexity index is 321. The maximum Gasteiger partial charge on any atom is 0.226 e. The normalized spacial score (nSPS) is 12.4. The largest absolute Gasteiger partial charge is 0.367 e. The summed E-state index contributed by atoms with van der Waals surface area (Å²) in [5.74, 6) is 0.327. The van der Waals surface area contributed by atoms with Gasteiger partial charge in [-0.05, 0) is 31.5 Å². The van der Waals surface area contributed by atoms with Gasteiger partial charge >= 0.3 is 0 Å². The second-order valence-corrected chi connectivity index (χ2v) is 4.39. The number of aromatic nitrogens is 1. The second-order valence-electron chi connectivity index (χ2n) is 4.39. The van der Waals surface area contributed by atoms with E-state index < -0.39 is 0 Å². The van der Waals surface area contributed by atoms with Crippen molar-refractivity contribution in [2.75, 3.05) is 27.2 Å². The van der Waals surface area contributed by atoms with Crippen LogP contribution in [0.5, 0.6) is 0 Å². The molecule has 17 heavy (non-hydrogen) atoms. The van der Waals surface area contributed by atoms with Crippen LogP contribution in [0.15, 0.2) is 18.5 Å². The van der Waals surface area contributed by atoms with Gasteiger partial charge in [0.2, 0.25) is 5.91 Å². The van der Waals surface area contributed by atoms with Crippen molar-refractivity contribution >= 4 is 5.91 Å². The van der Waals surface area contributed by atoms with Crippen molar-refractivity contribution in [2.24, 2.45) is 5.92 Å². The van der Waals surface area contributed by atoms with Gasteiger partial charge in [0.15, 0.2) is 0 Å². The molecule has 0 aliphatic heterocycles. The van der Waals surface area contributed by atoms with E-state index in [0.717, 1.165) is 25.9 Å². The Morgan fingerprint density at radius 1 is 1.59 bits per heavy atom. The summed E-state index contributed by atoms with van der Waals surface area (Å²) in [5.41, 5.74) is 1.24. The van der Waals surface area contributed by atoms with Gasteiger partial charge in [-0.2, -0.15) is 0 Å². The third-order valence-corrected chi connectivity index (χ3v) is 3.07. The molecule has 0 radical (unpaired) electrons. The number of nitrogens with zero attached hydrogens (tertiary/aromatic N) is 1. The minimum Gasteiger partial charge on any atom is -0.367 e. The van der Waals surface area contributed by atoms with E-state index in [4.69, 9.17) is 0 Å². The summed E-state index contributed by atoms with van der Waals surface area (Å²) in [4.78, 5) is 17.0. The van der Waals surface area contributed by atoms with Gasteiger partial charge in [-0.25, -0.2) is 0 Å². The maximum absolute atomic E-state index is 12.1. The molecule has 1 aromatic rings. The first-order chi connectivity index (χ1) is 8.19. The molecule has 96 valence electrons. The predicted octanol–water partition coefficient (Wildman–Crippen LogP) is 1.26. The van der Waals surface area contributed by atoms with Crippen LogP contribution in [0, 0.1) is 5.92 Å². The van der Waals surface area contributed by atoms with Gasteiger partial charge < -0.3 is 15.2 Å². The average molecular weight is 237 g/mol. The summed E-state index contributed by atoms with van der Waals surface area (Å²) in [5, 5.41) is 3.07. The highest BCUT2D eigenvalue weighted by molar-refractivity contribution is 5.78. The molecular weight excluding hydrogens is 214 g/mol. The number of carbonyl (C=O) groups is 1. The summed E-state index contributed by atoms with van der Waals surface area (Å²) in [7, 11) is 3.77. The Morgan fingerprint density at radius 2 is 2.35 bits per heavy atom. The van der Waals surface area contributed by atoms with Crippen LogP contribution in [-0.4, -0.2) is 43.0 Å². The molecule has 0 saturated heterocycles. The third-order valence-electron chi connectivity index (χ3n) is 3.07. The van der Waals surface area contributed by atoms with Gasteiger partial charge in [-0.1, -0.05) is 6.92 Å². The van der Waals surface area contributed by atoms with Crippen molar-refractivity contribution in [3.8, 4) is 0 Å². The molecule has 4 nitrogen and oxygen atoms in total. The zero-order chi connectivity index (χ0) is 12.7. The van der Waals surface area contributed by atoms with E-state index in [-0.39, 0.29) is 11.8 Å². The number of rotatable bonds is 7. The number of amides is 1. The molecule has 0 fully saturated rings. The highest BCUT2D eigenvalue weighted by atomic mass is 16.2. The molecule has 0 aliphatic rings. The number of likely N-dealkylation sites (N-methyl/N-ethyl adjacent to an activating group) is 1. The average Bonchev–Trinajstić information content (AvgIpc) is 2.85. The third kappa shape index (κ3) is 4.23. The minimum absolute atomic E-state index is 0.0937. The van der Waals surface area contributed by atoms with Crippen LogP contribution in [-0.2, 0) is 11.2 Å². The first kappa shape index (κ1) is 13.8. The molecule has 1 amide bonds. The van der Waals surface area contributed by atoms with Gasteiger partial charge in [0.05, 0.1) is 5.92 Å². The summed E-state index contributed by atoms with van der Waals surface area (Å²) < 4.78 is 0. The Kier molecular flexibility index (Phi) is 5.77. The lowest BCUT2D eigenvalue weighted by Crippen LogP contribution is -2.38. The molecule has 0 saturated carbocycles. The number of aromatic amines is 1. The molecule has 1 heterocycles. The molecule has 4 heteroatoms. The number of hydrogen-bond acceptors (Lipinski definition) is 2. The fraction of sp³-hybridized carbons (Fsp3) is 0.615. The first-order valence-corrected chi connectivity index (χ1v) is 6.20. The number of H-pyrrole nitrogens is 1.